The van der Waals surface area contributed by atoms with Gasteiger partial charge >= 0.3 is 0 Å². The monoisotopic (exact) mass is 208 g/mol. The molecule has 1 aromatic rings. The van der Waals surface area contributed by atoms with Gasteiger partial charge in [-0.05, 0) is 18.6 Å². The lowest BCUT2D eigenvalue weighted by Crippen LogP contribution is -2.37. The number of aliphatic hydroxyl groups is 1. The number of aromatic nitrogens is 1. The van der Waals surface area contributed by atoms with Crippen molar-refractivity contribution in [2.45, 2.75) is 25.5 Å². The summed E-state index contributed by atoms with van der Waals surface area (Å²) >= 11 is 0. The number of pyridine rings is 1. The highest BCUT2D eigenvalue weighted by atomic mass is 16.3. The van der Waals surface area contributed by atoms with Crippen LogP contribution >= 0.6 is 0 Å². The number of aliphatic hydroxyl groups excluding tert-OH is 1. The first kappa shape index (κ1) is 11.8. The molecule has 0 amide bonds. The van der Waals surface area contributed by atoms with Crippen LogP contribution in [0.4, 0.5) is 0 Å². The molecule has 3 unspecified atom stereocenters. The Morgan fingerprint density at radius 1 is 1.60 bits per heavy atom. The van der Waals surface area contributed by atoms with E-state index in [1.165, 1.54) is 0 Å². The summed E-state index contributed by atoms with van der Waals surface area (Å²) < 4.78 is 0. The highest BCUT2D eigenvalue weighted by Gasteiger charge is 2.25. The molecule has 1 rings (SSSR count). The molecule has 0 saturated carbocycles. The molecule has 0 saturated heterocycles. The Morgan fingerprint density at radius 2 is 2.33 bits per heavy atom. The van der Waals surface area contributed by atoms with E-state index < -0.39 is 12.1 Å². The van der Waals surface area contributed by atoms with Gasteiger partial charge in [0.1, 0.15) is 12.4 Å². The van der Waals surface area contributed by atoms with Gasteiger partial charge in [-0.3, -0.25) is 4.98 Å². The van der Waals surface area contributed by atoms with E-state index >= 15 is 0 Å². The van der Waals surface area contributed by atoms with Gasteiger partial charge in [-0.1, -0.05) is 13.0 Å². The van der Waals surface area contributed by atoms with E-state index in [4.69, 9.17) is 5.73 Å². The molecule has 0 aliphatic rings. The van der Waals surface area contributed by atoms with E-state index in [-0.39, 0.29) is 5.92 Å². The van der Waals surface area contributed by atoms with Gasteiger partial charge < -0.3 is 15.6 Å². The molecule has 4 heteroatoms. The predicted octanol–water partition coefficient (Wildman–Crippen LogP) is 0.667. The molecule has 4 nitrogen and oxygen atoms in total. The molecule has 0 aliphatic heterocycles. The second-order valence-corrected chi connectivity index (χ2v) is 3.48. The van der Waals surface area contributed by atoms with Crippen molar-refractivity contribution >= 4 is 6.29 Å². The molecular weight excluding hydrogens is 192 g/mol. The molecule has 0 fully saturated rings. The van der Waals surface area contributed by atoms with E-state index in [2.05, 4.69) is 4.98 Å². The largest absolute Gasteiger partial charge is 0.385 e. The van der Waals surface area contributed by atoms with E-state index in [9.17, 15) is 9.90 Å². The summed E-state index contributed by atoms with van der Waals surface area (Å²) in [7, 11) is 0. The van der Waals surface area contributed by atoms with Crippen LogP contribution in [0.2, 0.25) is 0 Å². The summed E-state index contributed by atoms with van der Waals surface area (Å²) in [5, 5.41) is 9.88. The van der Waals surface area contributed by atoms with E-state index in [0.717, 1.165) is 6.29 Å². The molecule has 3 atom stereocenters. The number of hydrogen-bond donors (Lipinski definition) is 2. The summed E-state index contributed by atoms with van der Waals surface area (Å²) in [6.07, 6.45) is 2.11. The van der Waals surface area contributed by atoms with Gasteiger partial charge in [-0.2, -0.15) is 0 Å². The third-order valence-corrected chi connectivity index (χ3v) is 2.50. The lowest BCUT2D eigenvalue weighted by molar-refractivity contribution is -0.112. The van der Waals surface area contributed by atoms with Gasteiger partial charge in [-0.25, -0.2) is 0 Å². The molecule has 0 aromatic carbocycles. The summed E-state index contributed by atoms with van der Waals surface area (Å²) in [4.78, 5) is 14.7. The van der Waals surface area contributed by atoms with E-state index in [1.54, 1.807) is 24.4 Å². The fourth-order valence-electron chi connectivity index (χ4n) is 1.44. The first-order valence-electron chi connectivity index (χ1n) is 5.00. The van der Waals surface area contributed by atoms with Crippen LogP contribution in [0.3, 0.4) is 0 Å². The number of aldehydes is 1. The zero-order valence-electron chi connectivity index (χ0n) is 8.71. The van der Waals surface area contributed by atoms with Crippen LogP contribution in [0.15, 0.2) is 24.4 Å². The minimum absolute atomic E-state index is 0.331. The standard InChI is InChI=1S/C11H16N2O2/c1-2-8(7-14)10(12)11(15)9-5-3-4-6-13-9/h3-8,10-11,15H,2,12H2,1H3. The van der Waals surface area contributed by atoms with Gasteiger partial charge in [0.15, 0.2) is 0 Å². The quantitative estimate of drug-likeness (QED) is 0.697. The first-order chi connectivity index (χ1) is 7.20. The highest BCUT2D eigenvalue weighted by Crippen LogP contribution is 2.19. The smallest absolute Gasteiger partial charge is 0.124 e. The van der Waals surface area contributed by atoms with Crippen molar-refractivity contribution in [3.63, 3.8) is 0 Å². The maximum Gasteiger partial charge on any atom is 0.124 e. The van der Waals surface area contributed by atoms with E-state index in [1.807, 2.05) is 6.92 Å². The Labute approximate surface area is 89.1 Å². The van der Waals surface area contributed by atoms with Crippen LogP contribution in [0.25, 0.3) is 0 Å². The van der Waals surface area contributed by atoms with Crippen LogP contribution < -0.4 is 5.73 Å². The zero-order valence-corrected chi connectivity index (χ0v) is 8.71. The zero-order chi connectivity index (χ0) is 11.3. The Kier molecular flexibility index (Phi) is 4.39. The minimum Gasteiger partial charge on any atom is -0.385 e. The van der Waals surface area contributed by atoms with Crippen molar-refractivity contribution in [2.75, 3.05) is 0 Å². The molecule has 0 radical (unpaired) electrons. The number of hydrogen-bond acceptors (Lipinski definition) is 4. The number of nitrogens with two attached hydrogens (primary N) is 1. The molecule has 3 N–H and O–H groups in total. The van der Waals surface area contributed by atoms with Crippen LogP contribution in [-0.2, 0) is 4.79 Å². The van der Waals surface area contributed by atoms with E-state index in [0.29, 0.717) is 12.1 Å². The van der Waals surface area contributed by atoms with Crippen molar-refractivity contribution in [1.82, 2.24) is 4.98 Å². The molecule has 15 heavy (non-hydrogen) atoms. The van der Waals surface area contributed by atoms with Crippen molar-refractivity contribution < 1.29 is 9.90 Å². The normalized spacial score (nSPS) is 16.7. The third-order valence-electron chi connectivity index (χ3n) is 2.50. The summed E-state index contributed by atoms with van der Waals surface area (Å²) in [6.45, 7) is 1.87. The van der Waals surface area contributed by atoms with Gasteiger partial charge in [0, 0.05) is 18.2 Å². The molecule has 0 spiro atoms. The Bertz CT molecular complexity index is 303. The van der Waals surface area contributed by atoms with Crippen molar-refractivity contribution in [3.05, 3.63) is 30.1 Å². The Balaban J connectivity index is 2.76. The topological polar surface area (TPSA) is 76.2 Å². The minimum atomic E-state index is -0.888. The average molecular weight is 208 g/mol. The molecule has 0 bridgehead atoms. The second-order valence-electron chi connectivity index (χ2n) is 3.48. The van der Waals surface area contributed by atoms with Crippen molar-refractivity contribution in [3.8, 4) is 0 Å². The molecule has 82 valence electrons. The van der Waals surface area contributed by atoms with Gasteiger partial charge in [0.2, 0.25) is 0 Å². The first-order valence-corrected chi connectivity index (χ1v) is 5.00. The summed E-state index contributed by atoms with van der Waals surface area (Å²) in [5.41, 5.74) is 6.30. The Morgan fingerprint density at radius 3 is 2.80 bits per heavy atom. The molecule has 0 aliphatic carbocycles. The predicted molar refractivity (Wildman–Crippen MR) is 57.0 cm³/mol. The summed E-state index contributed by atoms with van der Waals surface area (Å²) in [5.74, 6) is -0.331. The lowest BCUT2D eigenvalue weighted by Gasteiger charge is -2.22. The third kappa shape index (κ3) is 2.84. The number of carbonyl (C=O) groups excluding carboxylic acids is 1. The van der Waals surface area contributed by atoms with Crippen molar-refractivity contribution in [1.29, 1.82) is 0 Å². The van der Waals surface area contributed by atoms with Gasteiger partial charge in [0.25, 0.3) is 0 Å². The fraction of sp³-hybridized carbons (Fsp3) is 0.455. The maximum absolute atomic E-state index is 10.7. The lowest BCUT2D eigenvalue weighted by atomic mass is 9.93. The number of nitrogens with zero attached hydrogens (tertiary/aromatic N) is 1. The summed E-state index contributed by atoms with van der Waals surface area (Å²) in [6, 6.07) is 4.64. The fourth-order valence-corrected chi connectivity index (χ4v) is 1.44. The van der Waals surface area contributed by atoms with Gasteiger partial charge in [0.05, 0.1) is 5.69 Å². The average Bonchev–Trinajstić information content (AvgIpc) is 2.30. The van der Waals surface area contributed by atoms with Crippen LogP contribution in [0, 0.1) is 5.92 Å². The highest BCUT2D eigenvalue weighted by molar-refractivity contribution is 5.54. The second kappa shape index (κ2) is 5.58. The van der Waals surface area contributed by atoms with Crippen LogP contribution in [-0.4, -0.2) is 22.4 Å². The van der Waals surface area contributed by atoms with Crippen LogP contribution in [0.5, 0.6) is 0 Å². The number of rotatable bonds is 5. The van der Waals surface area contributed by atoms with Gasteiger partial charge in [-0.15, -0.1) is 0 Å². The van der Waals surface area contributed by atoms with Crippen LogP contribution in [0.1, 0.15) is 25.1 Å². The SMILES string of the molecule is CCC(C=O)C(N)C(O)c1ccccn1. The molecule has 1 heterocycles. The molecule has 1 aromatic heterocycles. The Hall–Kier alpha value is -1.26. The maximum atomic E-state index is 10.7. The van der Waals surface area contributed by atoms with Crippen molar-refractivity contribution in [2.24, 2.45) is 11.7 Å². The number of carbonyl (C=O) groups is 1. The molecular formula is C11H16N2O2.